The Labute approximate surface area is 107 Å². The molecule has 2 atom stereocenters. The average Bonchev–Trinajstić information content (AvgIpc) is 2.37. The maximum atomic E-state index is 13.6. The highest BCUT2D eigenvalue weighted by molar-refractivity contribution is 5.21. The molecular formula is C15H19F2N. The molecular weight excluding hydrogens is 232 g/mol. The minimum atomic E-state index is -0.527. The van der Waals surface area contributed by atoms with Crippen LogP contribution in [-0.4, -0.2) is 6.54 Å². The zero-order chi connectivity index (χ0) is 13.0. The van der Waals surface area contributed by atoms with Crippen LogP contribution >= 0.6 is 0 Å². The van der Waals surface area contributed by atoms with Gasteiger partial charge in [0.05, 0.1) is 0 Å². The number of allylic oxidation sites excluding steroid dienone is 2. The van der Waals surface area contributed by atoms with Gasteiger partial charge in [-0.15, -0.1) is 0 Å². The molecule has 2 unspecified atom stereocenters. The fraction of sp³-hybridized carbons (Fsp3) is 0.467. The smallest absolute Gasteiger partial charge is 0.130 e. The molecule has 2 rings (SSSR count). The number of nitrogens with one attached hydrogen (secondary N) is 1. The van der Waals surface area contributed by atoms with Gasteiger partial charge in [-0.3, -0.25) is 0 Å². The summed E-state index contributed by atoms with van der Waals surface area (Å²) in [7, 11) is 0. The zero-order valence-corrected chi connectivity index (χ0v) is 10.6. The van der Waals surface area contributed by atoms with Crippen LogP contribution in [0.25, 0.3) is 0 Å². The van der Waals surface area contributed by atoms with Crippen LogP contribution in [0.4, 0.5) is 8.78 Å². The van der Waals surface area contributed by atoms with E-state index < -0.39 is 11.6 Å². The van der Waals surface area contributed by atoms with Gasteiger partial charge in [0.15, 0.2) is 0 Å². The molecule has 0 aliphatic heterocycles. The number of hydrogen-bond acceptors (Lipinski definition) is 1. The molecule has 0 saturated heterocycles. The lowest BCUT2D eigenvalue weighted by Crippen LogP contribution is -2.26. The predicted molar refractivity (Wildman–Crippen MR) is 69.3 cm³/mol. The third-order valence-electron chi connectivity index (χ3n) is 3.52. The minimum absolute atomic E-state index is 0.0866. The third kappa shape index (κ3) is 3.39. The minimum Gasteiger partial charge on any atom is -0.310 e. The molecule has 0 bridgehead atoms. The Bertz CT molecular complexity index is 429. The normalized spacial score (nSPS) is 20.9. The van der Waals surface area contributed by atoms with E-state index in [-0.39, 0.29) is 6.04 Å². The van der Waals surface area contributed by atoms with Crippen molar-refractivity contribution in [2.45, 2.75) is 32.2 Å². The van der Waals surface area contributed by atoms with E-state index in [2.05, 4.69) is 17.5 Å². The van der Waals surface area contributed by atoms with Gasteiger partial charge in [0, 0.05) is 17.7 Å². The maximum absolute atomic E-state index is 13.6. The molecule has 1 N–H and O–H groups in total. The first-order chi connectivity index (χ1) is 8.66. The summed E-state index contributed by atoms with van der Waals surface area (Å²) in [6, 6.07) is 3.68. The SMILES string of the molecule is CC(NCC1CC=CCC1)c1ccc(F)cc1F. The van der Waals surface area contributed by atoms with Crippen molar-refractivity contribution in [3.8, 4) is 0 Å². The molecule has 18 heavy (non-hydrogen) atoms. The number of rotatable bonds is 4. The molecule has 1 aromatic rings. The van der Waals surface area contributed by atoms with Crippen LogP contribution in [-0.2, 0) is 0 Å². The van der Waals surface area contributed by atoms with E-state index in [0.717, 1.165) is 25.5 Å². The second kappa shape index (κ2) is 6.10. The van der Waals surface area contributed by atoms with Crippen molar-refractivity contribution in [1.82, 2.24) is 5.32 Å². The molecule has 0 spiro atoms. The van der Waals surface area contributed by atoms with Gasteiger partial charge in [-0.25, -0.2) is 8.78 Å². The summed E-state index contributed by atoms with van der Waals surface area (Å²) in [5.74, 6) is -0.375. The molecule has 0 saturated carbocycles. The molecule has 3 heteroatoms. The molecule has 0 fully saturated rings. The fourth-order valence-electron chi connectivity index (χ4n) is 2.35. The van der Waals surface area contributed by atoms with E-state index in [1.165, 1.54) is 18.6 Å². The van der Waals surface area contributed by atoms with Crippen molar-refractivity contribution in [1.29, 1.82) is 0 Å². The highest BCUT2D eigenvalue weighted by atomic mass is 19.1. The first kappa shape index (κ1) is 13.2. The first-order valence-electron chi connectivity index (χ1n) is 6.50. The van der Waals surface area contributed by atoms with Gasteiger partial charge >= 0.3 is 0 Å². The lowest BCUT2D eigenvalue weighted by Gasteiger charge is -2.22. The van der Waals surface area contributed by atoms with Crippen LogP contribution < -0.4 is 5.32 Å². The third-order valence-corrected chi connectivity index (χ3v) is 3.52. The van der Waals surface area contributed by atoms with Crippen LogP contribution in [0, 0.1) is 17.6 Å². The quantitative estimate of drug-likeness (QED) is 0.798. The van der Waals surface area contributed by atoms with Crippen molar-refractivity contribution in [3.05, 3.63) is 47.5 Å². The van der Waals surface area contributed by atoms with Gasteiger partial charge in [-0.05, 0) is 44.7 Å². The summed E-state index contributed by atoms with van der Waals surface area (Å²) in [5.41, 5.74) is 0.530. The van der Waals surface area contributed by atoms with Crippen molar-refractivity contribution in [2.75, 3.05) is 6.54 Å². The van der Waals surface area contributed by atoms with Gasteiger partial charge in [-0.1, -0.05) is 18.2 Å². The Kier molecular flexibility index (Phi) is 4.48. The second-order valence-corrected chi connectivity index (χ2v) is 4.95. The average molecular weight is 251 g/mol. The molecule has 1 aromatic carbocycles. The lowest BCUT2D eigenvalue weighted by molar-refractivity contribution is 0.409. The topological polar surface area (TPSA) is 12.0 Å². The Morgan fingerprint density at radius 2 is 2.17 bits per heavy atom. The largest absolute Gasteiger partial charge is 0.310 e. The summed E-state index contributed by atoms with van der Waals surface area (Å²) >= 11 is 0. The highest BCUT2D eigenvalue weighted by Crippen LogP contribution is 2.21. The van der Waals surface area contributed by atoms with E-state index in [4.69, 9.17) is 0 Å². The van der Waals surface area contributed by atoms with Gasteiger partial charge < -0.3 is 5.32 Å². The Morgan fingerprint density at radius 3 is 2.83 bits per heavy atom. The molecule has 0 heterocycles. The standard InChI is InChI=1S/C15H19F2N/c1-11(14-8-7-13(16)9-15(14)17)18-10-12-5-3-2-4-6-12/h2-3,7-9,11-12,18H,4-6,10H2,1H3. The first-order valence-corrected chi connectivity index (χ1v) is 6.50. The summed E-state index contributed by atoms with van der Waals surface area (Å²) in [5, 5.41) is 3.33. The van der Waals surface area contributed by atoms with Gasteiger partial charge in [0.25, 0.3) is 0 Å². The van der Waals surface area contributed by atoms with Crippen LogP contribution in [0.1, 0.15) is 37.8 Å². The monoisotopic (exact) mass is 251 g/mol. The summed E-state index contributed by atoms with van der Waals surface area (Å²) in [6.07, 6.45) is 7.82. The van der Waals surface area contributed by atoms with Crippen LogP contribution in [0.3, 0.4) is 0 Å². The predicted octanol–water partition coefficient (Wildman–Crippen LogP) is 3.97. The Balaban J connectivity index is 1.90. The van der Waals surface area contributed by atoms with Crippen LogP contribution in [0.5, 0.6) is 0 Å². The number of hydrogen-bond donors (Lipinski definition) is 1. The molecule has 0 radical (unpaired) electrons. The Hall–Kier alpha value is -1.22. The molecule has 1 aliphatic rings. The summed E-state index contributed by atoms with van der Waals surface area (Å²) in [4.78, 5) is 0. The van der Waals surface area contributed by atoms with Gasteiger partial charge in [0.1, 0.15) is 11.6 Å². The maximum Gasteiger partial charge on any atom is 0.130 e. The second-order valence-electron chi connectivity index (χ2n) is 4.95. The van der Waals surface area contributed by atoms with Crippen LogP contribution in [0.15, 0.2) is 30.4 Å². The Morgan fingerprint density at radius 1 is 1.33 bits per heavy atom. The van der Waals surface area contributed by atoms with E-state index in [9.17, 15) is 8.78 Å². The van der Waals surface area contributed by atoms with Crippen molar-refractivity contribution >= 4 is 0 Å². The van der Waals surface area contributed by atoms with Crippen molar-refractivity contribution in [3.63, 3.8) is 0 Å². The molecule has 0 amide bonds. The van der Waals surface area contributed by atoms with E-state index >= 15 is 0 Å². The van der Waals surface area contributed by atoms with Crippen LogP contribution in [0.2, 0.25) is 0 Å². The molecule has 1 nitrogen and oxygen atoms in total. The molecule has 0 aromatic heterocycles. The number of benzene rings is 1. The molecule has 1 aliphatic carbocycles. The van der Waals surface area contributed by atoms with Gasteiger partial charge in [0.2, 0.25) is 0 Å². The summed E-state index contributed by atoms with van der Waals surface area (Å²) in [6.45, 7) is 2.79. The van der Waals surface area contributed by atoms with E-state index in [1.807, 2.05) is 6.92 Å². The molecule has 98 valence electrons. The summed E-state index contributed by atoms with van der Waals surface area (Å²) < 4.78 is 26.4. The zero-order valence-electron chi connectivity index (χ0n) is 10.6. The van der Waals surface area contributed by atoms with Gasteiger partial charge in [-0.2, -0.15) is 0 Å². The van der Waals surface area contributed by atoms with E-state index in [0.29, 0.717) is 11.5 Å². The number of halogens is 2. The highest BCUT2D eigenvalue weighted by Gasteiger charge is 2.14. The fourth-order valence-corrected chi connectivity index (χ4v) is 2.35. The van der Waals surface area contributed by atoms with Crippen molar-refractivity contribution in [2.24, 2.45) is 5.92 Å². The lowest BCUT2D eigenvalue weighted by atomic mass is 9.94. The van der Waals surface area contributed by atoms with E-state index in [1.54, 1.807) is 0 Å². The van der Waals surface area contributed by atoms with Crippen molar-refractivity contribution < 1.29 is 8.78 Å².